The highest BCUT2D eigenvalue weighted by molar-refractivity contribution is 5.92. The zero-order chi connectivity index (χ0) is 12.0. The highest BCUT2D eigenvalue weighted by Crippen LogP contribution is 2.10. The van der Waals surface area contributed by atoms with Crippen LogP contribution >= 0.6 is 0 Å². The molecule has 0 aliphatic rings. The highest BCUT2D eigenvalue weighted by atomic mass is 16.4. The van der Waals surface area contributed by atoms with E-state index in [4.69, 9.17) is 10.2 Å². The number of carboxylic acids is 2. The van der Waals surface area contributed by atoms with E-state index in [0.717, 1.165) is 5.56 Å². The normalized spacial score (nSPS) is 10.3. The smallest absolute Gasteiger partial charge is 0.317 e. The molecule has 0 aromatic carbocycles. The quantitative estimate of drug-likeness (QED) is 0.707. The van der Waals surface area contributed by atoms with Crippen LogP contribution in [-0.2, 0) is 16.0 Å². The van der Waals surface area contributed by atoms with E-state index in [1.54, 1.807) is 18.5 Å². The average Bonchev–Trinajstić information content (AvgIpc) is 2.24. The number of hydrogen-bond acceptors (Lipinski definition) is 3. The summed E-state index contributed by atoms with van der Waals surface area (Å²) >= 11 is 0. The van der Waals surface area contributed by atoms with E-state index >= 15 is 0 Å². The van der Waals surface area contributed by atoms with Crippen molar-refractivity contribution in [2.75, 3.05) is 0 Å². The average molecular weight is 223 g/mol. The molecule has 0 spiro atoms. The molecule has 0 aliphatic heterocycles. The molecule has 86 valence electrons. The van der Waals surface area contributed by atoms with Crippen molar-refractivity contribution in [3.05, 3.63) is 30.1 Å². The fraction of sp³-hybridized carbons (Fsp3) is 0.364. The lowest BCUT2D eigenvalue weighted by atomic mass is 10.0. The summed E-state index contributed by atoms with van der Waals surface area (Å²) in [6, 6.07) is 3.67. The Balaban J connectivity index is 2.40. The summed E-state index contributed by atoms with van der Waals surface area (Å²) in [6.07, 6.45) is 4.65. The summed E-state index contributed by atoms with van der Waals surface area (Å²) in [4.78, 5) is 25.1. The molecule has 0 bridgehead atoms. The van der Waals surface area contributed by atoms with Gasteiger partial charge in [-0.25, -0.2) is 0 Å². The minimum Gasteiger partial charge on any atom is -0.481 e. The zero-order valence-electron chi connectivity index (χ0n) is 8.67. The summed E-state index contributed by atoms with van der Waals surface area (Å²) in [5, 5.41) is 17.3. The fourth-order valence-electron chi connectivity index (χ4n) is 1.41. The molecule has 5 nitrogen and oxygen atoms in total. The summed E-state index contributed by atoms with van der Waals surface area (Å²) in [7, 11) is 0. The highest BCUT2D eigenvalue weighted by Gasteiger charge is 2.24. The van der Waals surface area contributed by atoms with Crippen molar-refractivity contribution in [1.29, 1.82) is 0 Å². The van der Waals surface area contributed by atoms with E-state index in [2.05, 4.69) is 4.98 Å². The minimum atomic E-state index is -1.31. The molecule has 0 radical (unpaired) electrons. The maximum absolute atomic E-state index is 10.6. The maximum atomic E-state index is 10.6. The second-order valence-electron chi connectivity index (χ2n) is 3.48. The Labute approximate surface area is 92.8 Å². The molecule has 5 heteroatoms. The molecule has 0 fully saturated rings. The van der Waals surface area contributed by atoms with Gasteiger partial charge >= 0.3 is 11.9 Å². The van der Waals surface area contributed by atoms with Crippen LogP contribution in [0.5, 0.6) is 0 Å². The molecule has 0 saturated heterocycles. The van der Waals surface area contributed by atoms with Crippen molar-refractivity contribution < 1.29 is 19.8 Å². The summed E-state index contributed by atoms with van der Waals surface area (Å²) in [5.41, 5.74) is 0.983. The summed E-state index contributed by atoms with van der Waals surface area (Å²) in [5.74, 6) is -3.87. The molecule has 0 atom stereocenters. The number of pyridine rings is 1. The molecule has 0 aliphatic carbocycles. The van der Waals surface area contributed by atoms with Gasteiger partial charge in [0.25, 0.3) is 0 Å². The molecular weight excluding hydrogens is 210 g/mol. The third-order valence-corrected chi connectivity index (χ3v) is 2.28. The third-order valence-electron chi connectivity index (χ3n) is 2.28. The van der Waals surface area contributed by atoms with Gasteiger partial charge < -0.3 is 10.2 Å². The van der Waals surface area contributed by atoms with Crippen LogP contribution in [0.3, 0.4) is 0 Å². The number of hydrogen-bond donors (Lipinski definition) is 2. The van der Waals surface area contributed by atoms with E-state index in [1.165, 1.54) is 0 Å². The van der Waals surface area contributed by atoms with Gasteiger partial charge in [0.2, 0.25) is 0 Å². The van der Waals surface area contributed by atoms with Gasteiger partial charge in [0.15, 0.2) is 5.92 Å². The molecule has 1 aromatic heterocycles. The molecule has 1 aromatic rings. The Hall–Kier alpha value is -1.91. The number of aryl methyl sites for hydroxylation is 1. The Morgan fingerprint density at radius 2 is 2.00 bits per heavy atom. The first-order valence-corrected chi connectivity index (χ1v) is 4.96. The van der Waals surface area contributed by atoms with Crippen LogP contribution in [0.2, 0.25) is 0 Å². The van der Waals surface area contributed by atoms with Crippen molar-refractivity contribution in [2.45, 2.75) is 19.3 Å². The van der Waals surface area contributed by atoms with E-state index < -0.39 is 17.9 Å². The molecule has 1 rings (SSSR count). The van der Waals surface area contributed by atoms with E-state index in [0.29, 0.717) is 12.8 Å². The van der Waals surface area contributed by atoms with Gasteiger partial charge in [0.05, 0.1) is 0 Å². The first-order chi connectivity index (χ1) is 7.61. The second kappa shape index (κ2) is 5.85. The van der Waals surface area contributed by atoms with Gasteiger partial charge in [-0.2, -0.15) is 0 Å². The van der Waals surface area contributed by atoms with Crippen LogP contribution in [0.1, 0.15) is 18.4 Å². The zero-order valence-corrected chi connectivity index (χ0v) is 8.67. The van der Waals surface area contributed by atoms with Crippen molar-refractivity contribution in [1.82, 2.24) is 4.98 Å². The lowest BCUT2D eigenvalue weighted by Gasteiger charge is -2.06. The van der Waals surface area contributed by atoms with Gasteiger partial charge in [-0.15, -0.1) is 0 Å². The minimum absolute atomic E-state index is 0.138. The lowest BCUT2D eigenvalue weighted by molar-refractivity contribution is -0.154. The number of rotatable bonds is 6. The largest absolute Gasteiger partial charge is 0.481 e. The van der Waals surface area contributed by atoms with Crippen LogP contribution in [0.15, 0.2) is 24.5 Å². The molecule has 16 heavy (non-hydrogen) atoms. The maximum Gasteiger partial charge on any atom is 0.317 e. The molecule has 0 saturated carbocycles. The number of carbonyl (C=O) groups is 2. The number of carboxylic acid groups (broad SMARTS) is 2. The molecule has 0 amide bonds. The summed E-state index contributed by atoms with van der Waals surface area (Å²) < 4.78 is 0. The fourth-order valence-corrected chi connectivity index (χ4v) is 1.41. The third kappa shape index (κ3) is 3.68. The predicted octanol–water partition coefficient (Wildman–Crippen LogP) is 1.19. The van der Waals surface area contributed by atoms with Crippen molar-refractivity contribution in [3.8, 4) is 0 Å². The van der Waals surface area contributed by atoms with Gasteiger partial charge in [0.1, 0.15) is 0 Å². The monoisotopic (exact) mass is 223 g/mol. The first-order valence-electron chi connectivity index (χ1n) is 4.96. The molecular formula is C11H13NO4. The number of aromatic nitrogens is 1. The van der Waals surface area contributed by atoms with E-state index in [1.807, 2.05) is 6.07 Å². The van der Waals surface area contributed by atoms with Crippen LogP contribution in [0, 0.1) is 5.92 Å². The van der Waals surface area contributed by atoms with Crippen LogP contribution in [0.25, 0.3) is 0 Å². The van der Waals surface area contributed by atoms with E-state index in [9.17, 15) is 9.59 Å². The lowest BCUT2D eigenvalue weighted by Crippen LogP contribution is -2.23. The van der Waals surface area contributed by atoms with Gasteiger partial charge in [0, 0.05) is 12.4 Å². The van der Waals surface area contributed by atoms with Crippen molar-refractivity contribution in [3.63, 3.8) is 0 Å². The van der Waals surface area contributed by atoms with Crippen molar-refractivity contribution in [2.24, 2.45) is 5.92 Å². The standard InChI is InChI=1S/C11H13NO4/c13-10(14)9(11(15)16)5-1-3-8-4-2-6-12-7-8/h2,4,6-7,9H,1,3,5H2,(H,13,14)(H,15,16). The van der Waals surface area contributed by atoms with Crippen molar-refractivity contribution >= 4 is 11.9 Å². The Kier molecular flexibility index (Phi) is 4.44. The van der Waals surface area contributed by atoms with Gasteiger partial charge in [-0.3, -0.25) is 14.6 Å². The predicted molar refractivity (Wildman–Crippen MR) is 55.9 cm³/mol. The van der Waals surface area contributed by atoms with Crippen LogP contribution in [0.4, 0.5) is 0 Å². The topological polar surface area (TPSA) is 87.5 Å². The molecule has 0 unspecified atom stereocenters. The summed E-state index contributed by atoms with van der Waals surface area (Å²) in [6.45, 7) is 0. The Morgan fingerprint density at radius 3 is 2.50 bits per heavy atom. The SMILES string of the molecule is O=C(O)C(CCCc1cccnc1)C(=O)O. The Bertz CT molecular complexity index is 350. The van der Waals surface area contributed by atoms with Gasteiger partial charge in [-0.1, -0.05) is 6.07 Å². The molecule has 2 N–H and O–H groups in total. The van der Waals surface area contributed by atoms with Crippen LogP contribution in [-0.4, -0.2) is 27.1 Å². The van der Waals surface area contributed by atoms with Gasteiger partial charge in [-0.05, 0) is 30.9 Å². The number of nitrogens with zero attached hydrogens (tertiary/aromatic N) is 1. The van der Waals surface area contributed by atoms with E-state index in [-0.39, 0.29) is 6.42 Å². The number of aliphatic carboxylic acids is 2. The molecule has 1 heterocycles. The second-order valence-corrected chi connectivity index (χ2v) is 3.48. The van der Waals surface area contributed by atoms with Crippen LogP contribution < -0.4 is 0 Å². The Morgan fingerprint density at radius 1 is 1.31 bits per heavy atom. The first kappa shape index (κ1) is 12.2.